The van der Waals surface area contributed by atoms with Crippen molar-refractivity contribution in [3.05, 3.63) is 51.5 Å². The topological polar surface area (TPSA) is 164 Å². The van der Waals surface area contributed by atoms with Crippen LogP contribution >= 0.6 is 23.7 Å². The Morgan fingerprint density at radius 1 is 1.38 bits per heavy atom. The van der Waals surface area contributed by atoms with Gasteiger partial charge in [0.05, 0.1) is 17.2 Å². The molecule has 6 atom stereocenters. The lowest BCUT2D eigenvalue weighted by molar-refractivity contribution is -0.149. The number of rotatable bonds is 10. The van der Waals surface area contributed by atoms with E-state index in [9.17, 15) is 19.3 Å². The first-order valence-electron chi connectivity index (χ1n) is 11.3. The first kappa shape index (κ1) is 29.2. The number of carbonyl (C=O) groups excluding carboxylic acids is 1. The van der Waals surface area contributed by atoms with E-state index in [0.717, 1.165) is 11.5 Å². The van der Waals surface area contributed by atoms with E-state index in [2.05, 4.69) is 26.0 Å². The molecule has 1 aromatic heterocycles. The molecule has 1 aromatic carbocycles. The molecule has 1 aliphatic heterocycles. The van der Waals surface area contributed by atoms with Crippen LogP contribution in [0.1, 0.15) is 33.9 Å². The van der Waals surface area contributed by atoms with Gasteiger partial charge in [-0.3, -0.25) is 13.9 Å². The van der Waals surface area contributed by atoms with Crippen LogP contribution in [-0.4, -0.2) is 57.3 Å². The van der Waals surface area contributed by atoms with Crippen molar-refractivity contribution in [3.63, 3.8) is 0 Å². The second-order valence-corrected chi connectivity index (χ2v) is 11.4. The standard InChI is InChI=1S/C22H29BrFN4O8P/c1-12(2)34-19(30)13(3)27-37(32,36-14-8-6-5-7-9-14)33-11-16-17(29)22(4,24)20(35-16)28-10-15(23)18(25)26-21(28)31/h5-10,12-13,16-17,20,29H,11H2,1-4H3,(H,27,32)(H2,25,26,31)/t13-,16-,17-,20-,22-,37+/m1/s1. The normalized spacial score (nSPS) is 26.0. The number of para-hydroxylation sites is 1. The van der Waals surface area contributed by atoms with E-state index in [4.69, 9.17) is 24.3 Å². The smallest absolute Gasteiger partial charge is 0.459 e. The van der Waals surface area contributed by atoms with Gasteiger partial charge in [-0.25, -0.2) is 13.8 Å². The lowest BCUT2D eigenvalue weighted by atomic mass is 9.98. The zero-order valence-corrected chi connectivity index (χ0v) is 23.0. The molecular formula is C22H29BrFN4O8P. The van der Waals surface area contributed by atoms with Crippen molar-refractivity contribution >= 4 is 35.5 Å². The number of nitrogens with one attached hydrogen (secondary N) is 1. The van der Waals surface area contributed by atoms with Gasteiger partial charge in [0, 0.05) is 6.20 Å². The van der Waals surface area contributed by atoms with Crippen molar-refractivity contribution in [2.24, 2.45) is 0 Å². The maximum atomic E-state index is 15.6. The molecule has 0 unspecified atom stereocenters. The van der Waals surface area contributed by atoms with Gasteiger partial charge in [0.15, 0.2) is 11.9 Å². The van der Waals surface area contributed by atoms with Gasteiger partial charge < -0.3 is 24.8 Å². The minimum absolute atomic E-state index is 0.101. The SMILES string of the molecule is CC(C)OC(=O)[C@@H](C)N[P@](=O)(OC[C@H]1O[C@@H](n2cc(Br)c(N)nc2=O)[C@](C)(F)[C@@H]1O)Oc1ccccc1. The molecule has 0 bridgehead atoms. The molecule has 0 aliphatic carbocycles. The number of benzene rings is 1. The number of hydrogen-bond donors (Lipinski definition) is 3. The fourth-order valence-corrected chi connectivity index (χ4v) is 5.29. The van der Waals surface area contributed by atoms with E-state index in [1.54, 1.807) is 32.0 Å². The van der Waals surface area contributed by atoms with E-state index in [1.165, 1.54) is 25.3 Å². The van der Waals surface area contributed by atoms with E-state index in [0.29, 0.717) is 0 Å². The third kappa shape index (κ3) is 6.95. The van der Waals surface area contributed by atoms with E-state index >= 15 is 4.39 Å². The van der Waals surface area contributed by atoms with Crippen LogP contribution in [0.2, 0.25) is 0 Å². The summed E-state index contributed by atoms with van der Waals surface area (Å²) in [7, 11) is -4.30. The molecule has 1 fully saturated rings. The Morgan fingerprint density at radius 2 is 2.03 bits per heavy atom. The maximum absolute atomic E-state index is 15.6. The number of alkyl halides is 1. The summed E-state index contributed by atoms with van der Waals surface area (Å²) in [4.78, 5) is 28.2. The van der Waals surface area contributed by atoms with Crippen LogP contribution in [0.25, 0.3) is 0 Å². The molecule has 2 heterocycles. The molecular weight excluding hydrogens is 578 g/mol. The molecule has 0 saturated carbocycles. The van der Waals surface area contributed by atoms with Crippen LogP contribution in [0.15, 0.2) is 45.8 Å². The molecule has 0 amide bonds. The van der Waals surface area contributed by atoms with Crippen LogP contribution in [0, 0.1) is 0 Å². The Labute approximate surface area is 221 Å². The minimum Gasteiger partial charge on any atom is -0.462 e. The number of aliphatic hydroxyl groups is 1. The molecule has 37 heavy (non-hydrogen) atoms. The molecule has 4 N–H and O–H groups in total. The predicted molar refractivity (Wildman–Crippen MR) is 134 cm³/mol. The highest BCUT2D eigenvalue weighted by atomic mass is 79.9. The van der Waals surface area contributed by atoms with Gasteiger partial charge in [-0.2, -0.15) is 10.1 Å². The first-order chi connectivity index (χ1) is 17.2. The summed E-state index contributed by atoms with van der Waals surface area (Å²) in [5.74, 6) is -0.645. The Hall–Kier alpha value is -2.35. The molecule has 1 saturated heterocycles. The van der Waals surface area contributed by atoms with E-state index in [1.807, 2.05) is 0 Å². The summed E-state index contributed by atoms with van der Waals surface area (Å²) in [6, 6.07) is 6.91. The highest BCUT2D eigenvalue weighted by Gasteiger charge is 2.56. The molecule has 0 spiro atoms. The van der Waals surface area contributed by atoms with Crippen LogP contribution < -0.4 is 21.0 Å². The second-order valence-electron chi connectivity index (χ2n) is 8.82. The number of ether oxygens (including phenoxy) is 2. The van der Waals surface area contributed by atoms with Gasteiger partial charge in [0.25, 0.3) is 0 Å². The number of nitrogens with zero attached hydrogens (tertiary/aromatic N) is 2. The number of nitrogen functional groups attached to an aromatic ring is 1. The van der Waals surface area contributed by atoms with Gasteiger partial charge in [-0.15, -0.1) is 0 Å². The number of halogens is 2. The molecule has 0 radical (unpaired) electrons. The van der Waals surface area contributed by atoms with Crippen LogP contribution in [-0.2, 0) is 23.4 Å². The van der Waals surface area contributed by atoms with Crippen molar-refractivity contribution < 1.29 is 37.4 Å². The first-order valence-corrected chi connectivity index (χ1v) is 13.6. The molecule has 3 rings (SSSR count). The molecule has 2 aromatic rings. The van der Waals surface area contributed by atoms with Crippen molar-refractivity contribution in [3.8, 4) is 5.75 Å². The van der Waals surface area contributed by atoms with Gasteiger partial charge in [0.2, 0.25) is 0 Å². The molecule has 204 valence electrons. The summed E-state index contributed by atoms with van der Waals surface area (Å²) in [6.07, 6.45) is -4.00. The van der Waals surface area contributed by atoms with E-state index in [-0.39, 0.29) is 16.0 Å². The largest absolute Gasteiger partial charge is 0.462 e. The Morgan fingerprint density at radius 3 is 2.65 bits per heavy atom. The third-order valence-electron chi connectivity index (χ3n) is 5.34. The Balaban J connectivity index is 1.81. The highest BCUT2D eigenvalue weighted by Crippen LogP contribution is 2.47. The zero-order chi connectivity index (χ0) is 27.5. The van der Waals surface area contributed by atoms with E-state index < -0.39 is 62.3 Å². The number of esters is 1. The second kappa shape index (κ2) is 11.6. The van der Waals surface area contributed by atoms with Gasteiger partial charge >= 0.3 is 19.4 Å². The number of carbonyl (C=O) groups is 1. The lowest BCUT2D eigenvalue weighted by Gasteiger charge is -2.25. The summed E-state index contributed by atoms with van der Waals surface area (Å²) < 4.78 is 52.0. The van der Waals surface area contributed by atoms with Crippen molar-refractivity contribution in [2.75, 3.05) is 12.3 Å². The van der Waals surface area contributed by atoms with Crippen molar-refractivity contribution in [1.29, 1.82) is 0 Å². The molecule has 12 nitrogen and oxygen atoms in total. The summed E-state index contributed by atoms with van der Waals surface area (Å²) in [5, 5.41) is 13.1. The van der Waals surface area contributed by atoms with Crippen LogP contribution in [0.3, 0.4) is 0 Å². The van der Waals surface area contributed by atoms with Crippen molar-refractivity contribution in [2.45, 2.75) is 63.9 Å². The highest BCUT2D eigenvalue weighted by molar-refractivity contribution is 9.10. The zero-order valence-electron chi connectivity index (χ0n) is 20.5. The maximum Gasteiger partial charge on any atom is 0.459 e. The number of aliphatic hydroxyl groups excluding tert-OH is 1. The fraction of sp³-hybridized carbons (Fsp3) is 0.500. The Bertz CT molecular complexity index is 1210. The lowest BCUT2D eigenvalue weighted by Crippen LogP contribution is -2.43. The fourth-order valence-electron chi connectivity index (χ4n) is 3.48. The third-order valence-corrected chi connectivity index (χ3v) is 7.59. The Kier molecular flexibility index (Phi) is 9.14. The van der Waals surface area contributed by atoms with Gasteiger partial charge in [0.1, 0.15) is 29.8 Å². The predicted octanol–water partition coefficient (Wildman–Crippen LogP) is 2.71. The average molecular weight is 607 g/mol. The average Bonchev–Trinajstić information content (AvgIpc) is 3.03. The number of aromatic nitrogens is 2. The molecule has 1 aliphatic rings. The number of hydrogen-bond acceptors (Lipinski definition) is 10. The number of anilines is 1. The molecule has 15 heteroatoms. The monoisotopic (exact) mass is 606 g/mol. The quantitative estimate of drug-likeness (QED) is 0.269. The van der Waals surface area contributed by atoms with Crippen LogP contribution in [0.4, 0.5) is 10.2 Å². The summed E-state index contributed by atoms with van der Waals surface area (Å²) in [6.45, 7) is 5.14. The van der Waals surface area contributed by atoms with Gasteiger partial charge in [-0.05, 0) is 55.8 Å². The van der Waals surface area contributed by atoms with Crippen molar-refractivity contribution in [1.82, 2.24) is 14.6 Å². The summed E-state index contributed by atoms with van der Waals surface area (Å²) in [5.41, 5.74) is 2.22. The van der Waals surface area contributed by atoms with Crippen LogP contribution in [0.5, 0.6) is 5.75 Å². The number of nitrogens with two attached hydrogens (primary N) is 1. The minimum atomic E-state index is -4.30. The van der Waals surface area contributed by atoms with Gasteiger partial charge in [-0.1, -0.05) is 18.2 Å². The summed E-state index contributed by atoms with van der Waals surface area (Å²) >= 11 is 3.12.